The van der Waals surface area contributed by atoms with Crippen LogP contribution in [0.2, 0.25) is 0 Å². The van der Waals surface area contributed by atoms with Crippen LogP contribution in [-0.2, 0) is 6.54 Å². The number of halogens is 2. The average Bonchev–Trinajstić information content (AvgIpc) is 3.10. The van der Waals surface area contributed by atoms with Gasteiger partial charge < -0.3 is 20.1 Å². The number of nitrogens with zero attached hydrogens (tertiary/aromatic N) is 3. The van der Waals surface area contributed by atoms with Crippen molar-refractivity contribution >= 4 is 35.6 Å². The van der Waals surface area contributed by atoms with Crippen molar-refractivity contribution in [2.45, 2.75) is 13.0 Å². The van der Waals surface area contributed by atoms with Gasteiger partial charge in [0.25, 0.3) is 0 Å². The summed E-state index contributed by atoms with van der Waals surface area (Å²) in [4.78, 5) is 6.14. The van der Waals surface area contributed by atoms with Crippen LogP contribution in [0.1, 0.15) is 6.42 Å². The summed E-state index contributed by atoms with van der Waals surface area (Å²) >= 11 is 0. The number of hydrogen-bond acceptors (Lipinski definition) is 2. The SMILES string of the molecule is CN=C(NCCCN(C)c1ccccc1F)NCCn1cccc1.I. The maximum absolute atomic E-state index is 13.7. The normalized spacial score (nSPS) is 10.9. The molecule has 0 fully saturated rings. The van der Waals surface area contributed by atoms with Gasteiger partial charge in [-0.1, -0.05) is 12.1 Å². The van der Waals surface area contributed by atoms with Crippen molar-refractivity contribution in [3.8, 4) is 0 Å². The maximum Gasteiger partial charge on any atom is 0.191 e. The standard InChI is InChI=1S/C18H26FN5.HI/c1-20-18(22-11-15-24-13-5-6-14-24)21-10-7-12-23(2)17-9-4-3-8-16(17)19;/h3-6,8-9,13-14H,7,10-12,15H2,1-2H3,(H2,20,21,22);1H. The number of anilines is 1. The second kappa shape index (κ2) is 11.7. The second-order valence-electron chi connectivity index (χ2n) is 5.57. The molecule has 0 aliphatic rings. The third kappa shape index (κ3) is 7.33. The van der Waals surface area contributed by atoms with E-state index in [2.05, 4.69) is 20.2 Å². The van der Waals surface area contributed by atoms with E-state index in [1.807, 2.05) is 42.5 Å². The fourth-order valence-electron chi connectivity index (χ4n) is 2.45. The molecule has 0 saturated heterocycles. The Morgan fingerprint density at radius 3 is 2.48 bits per heavy atom. The molecule has 0 radical (unpaired) electrons. The molecule has 1 aromatic carbocycles. The van der Waals surface area contributed by atoms with Gasteiger partial charge in [0.15, 0.2) is 5.96 Å². The largest absolute Gasteiger partial charge is 0.372 e. The molecule has 0 amide bonds. The van der Waals surface area contributed by atoms with Crippen LogP contribution >= 0.6 is 24.0 Å². The predicted octanol–water partition coefficient (Wildman–Crippen LogP) is 2.94. The molecule has 0 atom stereocenters. The van der Waals surface area contributed by atoms with Gasteiger partial charge in [0, 0.05) is 52.7 Å². The zero-order valence-corrected chi connectivity index (χ0v) is 17.1. The molecule has 0 saturated carbocycles. The summed E-state index contributed by atoms with van der Waals surface area (Å²) in [6, 6.07) is 10.9. The molecule has 2 N–H and O–H groups in total. The molecule has 7 heteroatoms. The smallest absolute Gasteiger partial charge is 0.191 e. The van der Waals surface area contributed by atoms with E-state index >= 15 is 0 Å². The highest BCUT2D eigenvalue weighted by atomic mass is 127. The lowest BCUT2D eigenvalue weighted by Crippen LogP contribution is -2.39. The van der Waals surface area contributed by atoms with Crippen LogP contribution in [0.4, 0.5) is 10.1 Å². The molecule has 0 unspecified atom stereocenters. The number of nitrogens with one attached hydrogen (secondary N) is 2. The van der Waals surface area contributed by atoms with Crippen LogP contribution in [0.3, 0.4) is 0 Å². The highest BCUT2D eigenvalue weighted by Gasteiger charge is 2.06. The van der Waals surface area contributed by atoms with E-state index in [-0.39, 0.29) is 29.8 Å². The monoisotopic (exact) mass is 459 g/mol. The lowest BCUT2D eigenvalue weighted by molar-refractivity contribution is 0.618. The van der Waals surface area contributed by atoms with Gasteiger partial charge in [-0.2, -0.15) is 0 Å². The first-order valence-electron chi connectivity index (χ1n) is 8.21. The van der Waals surface area contributed by atoms with Gasteiger partial charge in [-0.15, -0.1) is 24.0 Å². The van der Waals surface area contributed by atoms with E-state index in [1.54, 1.807) is 19.2 Å². The van der Waals surface area contributed by atoms with E-state index in [9.17, 15) is 4.39 Å². The van der Waals surface area contributed by atoms with Crippen LogP contribution in [0.25, 0.3) is 0 Å². The van der Waals surface area contributed by atoms with Crippen molar-refractivity contribution in [3.05, 3.63) is 54.6 Å². The zero-order valence-electron chi connectivity index (χ0n) is 14.8. The molecule has 2 aromatic rings. The highest BCUT2D eigenvalue weighted by Crippen LogP contribution is 2.16. The summed E-state index contributed by atoms with van der Waals surface area (Å²) in [5, 5.41) is 6.56. The lowest BCUT2D eigenvalue weighted by atomic mass is 10.2. The fourth-order valence-corrected chi connectivity index (χ4v) is 2.45. The van der Waals surface area contributed by atoms with Crippen molar-refractivity contribution in [1.29, 1.82) is 0 Å². The Hall–Kier alpha value is -1.77. The molecule has 0 spiro atoms. The maximum atomic E-state index is 13.7. The molecular weight excluding hydrogens is 432 g/mol. The molecule has 1 aromatic heterocycles. The van der Waals surface area contributed by atoms with Gasteiger partial charge in [0.2, 0.25) is 0 Å². The Morgan fingerprint density at radius 1 is 1.12 bits per heavy atom. The first kappa shape index (κ1) is 21.3. The van der Waals surface area contributed by atoms with Gasteiger partial charge in [0.1, 0.15) is 5.82 Å². The number of guanidine groups is 1. The first-order valence-corrected chi connectivity index (χ1v) is 8.21. The number of aromatic nitrogens is 1. The van der Waals surface area contributed by atoms with E-state index in [1.165, 1.54) is 6.07 Å². The van der Waals surface area contributed by atoms with Crippen molar-refractivity contribution in [3.63, 3.8) is 0 Å². The van der Waals surface area contributed by atoms with Crippen LogP contribution in [0.15, 0.2) is 53.8 Å². The highest BCUT2D eigenvalue weighted by molar-refractivity contribution is 14.0. The number of rotatable bonds is 8. The van der Waals surface area contributed by atoms with Gasteiger partial charge in [-0.25, -0.2) is 4.39 Å². The minimum atomic E-state index is -0.185. The predicted molar refractivity (Wildman–Crippen MR) is 113 cm³/mol. The van der Waals surface area contributed by atoms with E-state index in [0.29, 0.717) is 5.69 Å². The molecule has 5 nitrogen and oxygen atoms in total. The van der Waals surface area contributed by atoms with E-state index in [4.69, 9.17) is 0 Å². The van der Waals surface area contributed by atoms with Gasteiger partial charge in [-0.05, 0) is 30.7 Å². The van der Waals surface area contributed by atoms with Crippen LogP contribution in [0, 0.1) is 5.82 Å². The molecule has 25 heavy (non-hydrogen) atoms. The summed E-state index contributed by atoms with van der Waals surface area (Å²) in [6.45, 7) is 3.25. The van der Waals surface area contributed by atoms with E-state index < -0.39 is 0 Å². The second-order valence-corrected chi connectivity index (χ2v) is 5.57. The van der Waals surface area contributed by atoms with Crippen molar-refractivity contribution < 1.29 is 4.39 Å². The fraction of sp³-hybridized carbons (Fsp3) is 0.389. The third-order valence-corrected chi connectivity index (χ3v) is 3.78. The third-order valence-electron chi connectivity index (χ3n) is 3.78. The van der Waals surface area contributed by atoms with Gasteiger partial charge in [-0.3, -0.25) is 4.99 Å². The molecule has 1 heterocycles. The first-order chi connectivity index (χ1) is 11.7. The molecule has 2 rings (SSSR count). The number of aliphatic imine (C=N–C) groups is 1. The molecule has 0 aliphatic heterocycles. The minimum absolute atomic E-state index is 0. The Morgan fingerprint density at radius 2 is 1.80 bits per heavy atom. The number of benzene rings is 1. The Kier molecular flexibility index (Phi) is 9.98. The summed E-state index contributed by atoms with van der Waals surface area (Å²) < 4.78 is 15.8. The topological polar surface area (TPSA) is 44.6 Å². The average molecular weight is 459 g/mol. The van der Waals surface area contributed by atoms with Crippen molar-refractivity contribution in [2.75, 3.05) is 38.6 Å². The van der Waals surface area contributed by atoms with Crippen molar-refractivity contribution in [1.82, 2.24) is 15.2 Å². The number of hydrogen-bond donors (Lipinski definition) is 2. The Balaban J connectivity index is 0.00000312. The molecule has 0 aliphatic carbocycles. The molecule has 0 bridgehead atoms. The summed E-state index contributed by atoms with van der Waals surface area (Å²) in [7, 11) is 3.67. The summed E-state index contributed by atoms with van der Waals surface area (Å²) in [5.41, 5.74) is 0.631. The van der Waals surface area contributed by atoms with E-state index in [0.717, 1.165) is 38.6 Å². The Labute approximate surface area is 166 Å². The lowest BCUT2D eigenvalue weighted by Gasteiger charge is -2.20. The minimum Gasteiger partial charge on any atom is -0.372 e. The molecular formula is C18H27FIN5. The number of para-hydroxylation sites is 1. The van der Waals surface area contributed by atoms with Crippen LogP contribution in [0.5, 0.6) is 0 Å². The van der Waals surface area contributed by atoms with Gasteiger partial charge >= 0.3 is 0 Å². The van der Waals surface area contributed by atoms with Gasteiger partial charge in [0.05, 0.1) is 5.69 Å². The van der Waals surface area contributed by atoms with Crippen molar-refractivity contribution in [2.24, 2.45) is 4.99 Å². The molecule has 138 valence electrons. The summed E-state index contributed by atoms with van der Waals surface area (Å²) in [6.07, 6.45) is 4.97. The zero-order chi connectivity index (χ0) is 17.2. The quantitative estimate of drug-likeness (QED) is 0.276. The Bertz CT molecular complexity index is 630. The van der Waals surface area contributed by atoms with Crippen LogP contribution < -0.4 is 15.5 Å². The summed E-state index contributed by atoms with van der Waals surface area (Å²) in [5.74, 6) is 0.603. The van der Waals surface area contributed by atoms with Crippen LogP contribution in [-0.4, -0.2) is 44.3 Å².